The van der Waals surface area contributed by atoms with Crippen LogP contribution in [-0.2, 0) is 13.0 Å². The minimum atomic E-state index is -0.379. The van der Waals surface area contributed by atoms with Gasteiger partial charge in [-0.05, 0) is 31.0 Å². The maximum atomic E-state index is 13.7. The molecule has 3 aromatic rings. The zero-order chi connectivity index (χ0) is 19.2. The smallest absolute Gasteiger partial charge is 0.270 e. The number of hydrogen-bond acceptors (Lipinski definition) is 4. The third-order valence-electron chi connectivity index (χ3n) is 4.13. The number of amides is 1. The van der Waals surface area contributed by atoms with Gasteiger partial charge in [-0.3, -0.25) is 4.79 Å². The van der Waals surface area contributed by atoms with E-state index in [4.69, 9.17) is 0 Å². The van der Waals surface area contributed by atoms with Crippen LogP contribution in [0.2, 0.25) is 0 Å². The minimum Gasteiger partial charge on any atom is -0.347 e. The molecule has 0 atom stereocenters. The molecule has 1 heterocycles. The van der Waals surface area contributed by atoms with E-state index >= 15 is 0 Å². The summed E-state index contributed by atoms with van der Waals surface area (Å²) >= 11 is 0. The van der Waals surface area contributed by atoms with E-state index < -0.39 is 0 Å². The number of carbonyl (C=O) groups excluding carboxylic acids is 1. The van der Waals surface area contributed by atoms with Gasteiger partial charge in [0.1, 0.15) is 23.2 Å². The highest BCUT2D eigenvalue weighted by atomic mass is 19.1. The molecule has 0 bridgehead atoms. The molecule has 0 aliphatic heterocycles. The van der Waals surface area contributed by atoms with E-state index in [1.807, 2.05) is 24.3 Å². The SMILES string of the molecule is CCc1ccccc1Nc1cc(C(=O)NCc2ccccc2F)nc(C)n1. The van der Waals surface area contributed by atoms with Crippen LogP contribution < -0.4 is 10.6 Å². The molecule has 138 valence electrons. The molecule has 6 heteroatoms. The number of nitrogens with one attached hydrogen (secondary N) is 2. The lowest BCUT2D eigenvalue weighted by Gasteiger charge is -2.12. The van der Waals surface area contributed by atoms with Crippen molar-refractivity contribution in [2.75, 3.05) is 5.32 Å². The van der Waals surface area contributed by atoms with Gasteiger partial charge < -0.3 is 10.6 Å². The van der Waals surface area contributed by atoms with E-state index in [0.29, 0.717) is 17.2 Å². The van der Waals surface area contributed by atoms with Crippen molar-refractivity contribution in [3.05, 3.63) is 83.1 Å². The van der Waals surface area contributed by atoms with E-state index in [-0.39, 0.29) is 24.0 Å². The lowest BCUT2D eigenvalue weighted by Crippen LogP contribution is -2.25. The topological polar surface area (TPSA) is 66.9 Å². The third-order valence-corrected chi connectivity index (χ3v) is 4.13. The second kappa shape index (κ2) is 8.40. The molecule has 2 aromatic carbocycles. The number of halogens is 1. The normalized spacial score (nSPS) is 10.5. The van der Waals surface area contributed by atoms with Crippen molar-refractivity contribution in [1.29, 1.82) is 0 Å². The van der Waals surface area contributed by atoms with Crippen molar-refractivity contribution in [2.45, 2.75) is 26.8 Å². The molecule has 2 N–H and O–H groups in total. The van der Waals surface area contributed by atoms with Crippen LogP contribution in [0.5, 0.6) is 0 Å². The molecular formula is C21H21FN4O. The van der Waals surface area contributed by atoms with Crippen molar-refractivity contribution in [2.24, 2.45) is 0 Å². The predicted molar refractivity (Wildman–Crippen MR) is 103 cm³/mol. The van der Waals surface area contributed by atoms with Crippen LogP contribution in [0.4, 0.5) is 15.9 Å². The largest absolute Gasteiger partial charge is 0.347 e. The number of carbonyl (C=O) groups is 1. The van der Waals surface area contributed by atoms with Gasteiger partial charge in [0.25, 0.3) is 5.91 Å². The molecule has 27 heavy (non-hydrogen) atoms. The average Bonchev–Trinajstić information content (AvgIpc) is 2.67. The molecule has 0 radical (unpaired) electrons. The summed E-state index contributed by atoms with van der Waals surface area (Å²) in [4.78, 5) is 21.0. The van der Waals surface area contributed by atoms with Crippen molar-refractivity contribution in [1.82, 2.24) is 15.3 Å². The highest BCUT2D eigenvalue weighted by Gasteiger charge is 2.12. The van der Waals surface area contributed by atoms with Gasteiger partial charge in [0.15, 0.2) is 0 Å². The Kier molecular flexibility index (Phi) is 5.76. The maximum Gasteiger partial charge on any atom is 0.270 e. The fraction of sp³-hybridized carbons (Fsp3) is 0.190. The van der Waals surface area contributed by atoms with Gasteiger partial charge in [-0.2, -0.15) is 0 Å². The van der Waals surface area contributed by atoms with E-state index in [0.717, 1.165) is 17.7 Å². The number of rotatable bonds is 6. The number of anilines is 2. The summed E-state index contributed by atoms with van der Waals surface area (Å²) in [5, 5.41) is 5.95. The van der Waals surface area contributed by atoms with Gasteiger partial charge in [-0.15, -0.1) is 0 Å². The van der Waals surface area contributed by atoms with Gasteiger partial charge in [0, 0.05) is 23.9 Å². The molecule has 0 saturated carbocycles. The van der Waals surface area contributed by atoms with Gasteiger partial charge in [-0.1, -0.05) is 43.3 Å². The summed E-state index contributed by atoms with van der Waals surface area (Å²) in [7, 11) is 0. The summed E-state index contributed by atoms with van der Waals surface area (Å²) in [6.07, 6.45) is 0.878. The van der Waals surface area contributed by atoms with Crippen LogP contribution >= 0.6 is 0 Å². The standard InChI is InChI=1S/C21H21FN4O/c1-3-15-8-5-7-11-18(15)26-20-12-19(24-14(2)25-20)21(27)23-13-16-9-4-6-10-17(16)22/h4-12H,3,13H2,1-2H3,(H,23,27)(H,24,25,26). The summed E-state index contributed by atoms with van der Waals surface area (Å²) in [6, 6.07) is 15.9. The Bertz CT molecular complexity index is 958. The third kappa shape index (κ3) is 4.67. The molecule has 3 rings (SSSR count). The lowest BCUT2D eigenvalue weighted by atomic mass is 10.1. The lowest BCUT2D eigenvalue weighted by molar-refractivity contribution is 0.0945. The summed E-state index contributed by atoms with van der Waals surface area (Å²) in [6.45, 7) is 3.90. The summed E-state index contributed by atoms with van der Waals surface area (Å²) in [5.74, 6) is 0.287. The van der Waals surface area contributed by atoms with Crippen LogP contribution in [0.3, 0.4) is 0 Å². The molecule has 0 aliphatic rings. The molecule has 0 fully saturated rings. The highest BCUT2D eigenvalue weighted by Crippen LogP contribution is 2.20. The van der Waals surface area contributed by atoms with Crippen molar-refractivity contribution >= 4 is 17.4 Å². The number of aromatic nitrogens is 2. The van der Waals surface area contributed by atoms with Crippen LogP contribution in [0.25, 0.3) is 0 Å². The maximum absolute atomic E-state index is 13.7. The molecular weight excluding hydrogens is 343 g/mol. The fourth-order valence-electron chi connectivity index (χ4n) is 2.74. The Morgan fingerprint density at radius 2 is 1.74 bits per heavy atom. The molecule has 1 aromatic heterocycles. The number of nitrogens with zero attached hydrogens (tertiary/aromatic N) is 2. The number of benzene rings is 2. The average molecular weight is 364 g/mol. The van der Waals surface area contributed by atoms with Gasteiger partial charge in [0.05, 0.1) is 0 Å². The van der Waals surface area contributed by atoms with Gasteiger partial charge in [-0.25, -0.2) is 14.4 Å². The molecule has 0 unspecified atom stereocenters. The molecule has 1 amide bonds. The van der Waals surface area contributed by atoms with Crippen LogP contribution in [-0.4, -0.2) is 15.9 Å². The Hall–Kier alpha value is -3.28. The van der Waals surface area contributed by atoms with Gasteiger partial charge in [0.2, 0.25) is 0 Å². The monoisotopic (exact) mass is 364 g/mol. The molecule has 0 saturated heterocycles. The summed E-state index contributed by atoms with van der Waals surface area (Å²) < 4.78 is 13.7. The Labute approximate surface area is 157 Å². The Morgan fingerprint density at radius 3 is 2.48 bits per heavy atom. The first-order valence-electron chi connectivity index (χ1n) is 8.79. The second-order valence-corrected chi connectivity index (χ2v) is 6.10. The van der Waals surface area contributed by atoms with Crippen molar-refractivity contribution in [3.63, 3.8) is 0 Å². The van der Waals surface area contributed by atoms with E-state index in [1.165, 1.54) is 6.07 Å². The number of hydrogen-bond donors (Lipinski definition) is 2. The van der Waals surface area contributed by atoms with Crippen LogP contribution in [0.1, 0.15) is 34.4 Å². The highest BCUT2D eigenvalue weighted by molar-refractivity contribution is 5.93. The number of para-hydroxylation sites is 1. The van der Waals surface area contributed by atoms with Crippen LogP contribution in [0.15, 0.2) is 54.6 Å². The second-order valence-electron chi connectivity index (χ2n) is 6.10. The minimum absolute atomic E-state index is 0.0932. The Morgan fingerprint density at radius 1 is 1.04 bits per heavy atom. The van der Waals surface area contributed by atoms with Crippen LogP contribution in [0, 0.1) is 12.7 Å². The first kappa shape index (κ1) is 18.5. The van der Waals surface area contributed by atoms with E-state index in [9.17, 15) is 9.18 Å². The first-order chi connectivity index (χ1) is 13.1. The van der Waals surface area contributed by atoms with Crippen molar-refractivity contribution < 1.29 is 9.18 Å². The quantitative estimate of drug-likeness (QED) is 0.689. The number of aryl methyl sites for hydroxylation is 2. The van der Waals surface area contributed by atoms with Crippen molar-refractivity contribution in [3.8, 4) is 0 Å². The zero-order valence-electron chi connectivity index (χ0n) is 15.3. The molecule has 0 spiro atoms. The van der Waals surface area contributed by atoms with Gasteiger partial charge >= 0.3 is 0 Å². The Balaban J connectivity index is 1.76. The predicted octanol–water partition coefficient (Wildman–Crippen LogP) is 4.16. The fourth-order valence-corrected chi connectivity index (χ4v) is 2.74. The van der Waals surface area contributed by atoms with E-state index in [1.54, 1.807) is 31.2 Å². The summed E-state index contributed by atoms with van der Waals surface area (Å²) in [5.41, 5.74) is 2.75. The van der Waals surface area contributed by atoms with E-state index in [2.05, 4.69) is 27.5 Å². The molecule has 0 aliphatic carbocycles. The first-order valence-corrected chi connectivity index (χ1v) is 8.79. The molecule has 5 nitrogen and oxygen atoms in total. The zero-order valence-corrected chi connectivity index (χ0v) is 15.3.